The van der Waals surface area contributed by atoms with Crippen LogP contribution in [0.2, 0.25) is 0 Å². The molecule has 0 unspecified atom stereocenters. The molecule has 0 aliphatic heterocycles. The average Bonchev–Trinajstić information content (AvgIpc) is 2.30. The number of rotatable bonds is 5. The number of sulfonamides is 1. The van der Waals surface area contributed by atoms with Crippen molar-refractivity contribution in [1.82, 2.24) is 4.72 Å². The fourth-order valence-electron chi connectivity index (χ4n) is 1.10. The highest BCUT2D eigenvalue weighted by Gasteiger charge is 2.21. The minimum Gasteiger partial charge on any atom is -0.396 e. The summed E-state index contributed by atoms with van der Waals surface area (Å²) in [5.74, 6) is -0.734. The number of anilines is 1. The van der Waals surface area contributed by atoms with E-state index in [1.54, 1.807) is 11.8 Å². The van der Waals surface area contributed by atoms with Crippen LogP contribution < -0.4 is 10.5 Å². The van der Waals surface area contributed by atoms with Crippen LogP contribution in [0.15, 0.2) is 23.1 Å². The van der Waals surface area contributed by atoms with Crippen LogP contribution >= 0.6 is 11.8 Å². The quantitative estimate of drug-likeness (QED) is 0.812. The predicted octanol–water partition coefficient (Wildman–Crippen LogP) is 1.83. The van der Waals surface area contributed by atoms with Crippen LogP contribution in [0.25, 0.3) is 0 Å². The Balaban J connectivity index is 2.90. The molecule has 0 spiro atoms. The Hall–Kier alpha value is -0.790. The number of nitrogens with two attached hydrogens (primary N) is 1. The second-order valence-electron chi connectivity index (χ2n) is 4.47. The van der Waals surface area contributed by atoms with E-state index >= 15 is 0 Å². The number of nitrogen functional groups attached to an aromatic ring is 1. The molecule has 3 N–H and O–H groups in total. The van der Waals surface area contributed by atoms with Gasteiger partial charge in [-0.05, 0) is 38.3 Å². The van der Waals surface area contributed by atoms with Crippen molar-refractivity contribution in [2.24, 2.45) is 0 Å². The number of hydrogen-bond acceptors (Lipinski definition) is 4. The molecule has 0 heterocycles. The standard InChI is InChI=1S/C11H17FN2O2S2/c1-11(2,17-3)7-14-18(15,16)8-4-5-10(13)9(12)6-8/h4-6,14H,7,13H2,1-3H3. The van der Waals surface area contributed by atoms with Crippen molar-refractivity contribution in [3.05, 3.63) is 24.0 Å². The molecule has 1 aromatic rings. The molecule has 0 amide bonds. The zero-order chi connectivity index (χ0) is 14.0. The SMILES string of the molecule is CSC(C)(C)CNS(=O)(=O)c1ccc(N)c(F)c1. The number of halogens is 1. The topological polar surface area (TPSA) is 72.2 Å². The van der Waals surface area contributed by atoms with Crippen molar-refractivity contribution in [2.45, 2.75) is 23.5 Å². The van der Waals surface area contributed by atoms with E-state index < -0.39 is 15.8 Å². The van der Waals surface area contributed by atoms with Gasteiger partial charge >= 0.3 is 0 Å². The third kappa shape index (κ3) is 3.86. The van der Waals surface area contributed by atoms with Crippen molar-refractivity contribution in [1.29, 1.82) is 0 Å². The summed E-state index contributed by atoms with van der Waals surface area (Å²) >= 11 is 1.55. The fraction of sp³-hybridized carbons (Fsp3) is 0.455. The molecule has 0 aromatic heterocycles. The van der Waals surface area contributed by atoms with Gasteiger partial charge in [-0.25, -0.2) is 17.5 Å². The molecule has 0 aliphatic rings. The van der Waals surface area contributed by atoms with Gasteiger partial charge in [0.1, 0.15) is 5.82 Å². The van der Waals surface area contributed by atoms with Gasteiger partial charge in [0, 0.05) is 11.3 Å². The van der Waals surface area contributed by atoms with Crippen molar-refractivity contribution < 1.29 is 12.8 Å². The van der Waals surface area contributed by atoms with Crippen molar-refractivity contribution >= 4 is 27.5 Å². The van der Waals surface area contributed by atoms with E-state index in [-0.39, 0.29) is 21.9 Å². The summed E-state index contributed by atoms with van der Waals surface area (Å²) in [6.45, 7) is 4.11. The third-order valence-electron chi connectivity index (χ3n) is 2.52. The molecule has 102 valence electrons. The first-order chi connectivity index (χ1) is 8.18. The lowest BCUT2D eigenvalue weighted by atomic mass is 10.2. The highest BCUT2D eigenvalue weighted by molar-refractivity contribution is 8.00. The highest BCUT2D eigenvalue weighted by atomic mass is 32.2. The number of hydrogen-bond donors (Lipinski definition) is 2. The Labute approximate surface area is 111 Å². The smallest absolute Gasteiger partial charge is 0.240 e. The summed E-state index contributed by atoms with van der Waals surface area (Å²) in [7, 11) is -3.70. The largest absolute Gasteiger partial charge is 0.396 e. The van der Waals surface area contributed by atoms with Gasteiger partial charge in [-0.15, -0.1) is 0 Å². The molecule has 0 radical (unpaired) electrons. The van der Waals surface area contributed by atoms with Crippen LogP contribution in [0.5, 0.6) is 0 Å². The zero-order valence-electron chi connectivity index (χ0n) is 10.5. The lowest BCUT2D eigenvalue weighted by Gasteiger charge is -2.22. The van der Waals surface area contributed by atoms with Crippen LogP contribution in [-0.2, 0) is 10.0 Å². The average molecular weight is 292 g/mol. The Morgan fingerprint density at radius 1 is 1.44 bits per heavy atom. The molecule has 1 rings (SSSR count). The molecule has 0 saturated carbocycles. The Kier molecular flexibility index (Phi) is 4.63. The van der Waals surface area contributed by atoms with E-state index in [2.05, 4.69) is 4.72 Å². The number of nitrogens with one attached hydrogen (secondary N) is 1. The molecule has 0 saturated heterocycles. The van der Waals surface area contributed by atoms with Gasteiger partial charge in [0.25, 0.3) is 0 Å². The summed E-state index contributed by atoms with van der Waals surface area (Å²) in [6.07, 6.45) is 1.90. The first-order valence-electron chi connectivity index (χ1n) is 5.28. The minimum absolute atomic E-state index is 0.0709. The zero-order valence-corrected chi connectivity index (χ0v) is 12.2. The van der Waals surface area contributed by atoms with Crippen molar-refractivity contribution in [2.75, 3.05) is 18.5 Å². The number of thioether (sulfide) groups is 1. The van der Waals surface area contributed by atoms with Crippen LogP contribution in [0.3, 0.4) is 0 Å². The summed E-state index contributed by atoms with van der Waals surface area (Å²) in [4.78, 5) is -0.119. The molecule has 0 bridgehead atoms. The summed E-state index contributed by atoms with van der Waals surface area (Å²) in [5, 5.41) is 0. The predicted molar refractivity (Wildman–Crippen MR) is 73.6 cm³/mol. The van der Waals surface area contributed by atoms with Crippen molar-refractivity contribution in [3.8, 4) is 0 Å². The van der Waals surface area contributed by atoms with Gasteiger partial charge in [0.05, 0.1) is 10.6 Å². The summed E-state index contributed by atoms with van der Waals surface area (Å²) in [5.41, 5.74) is 5.23. The maximum absolute atomic E-state index is 13.2. The van der Waals surface area contributed by atoms with E-state index in [9.17, 15) is 12.8 Å². The van der Waals surface area contributed by atoms with Crippen LogP contribution in [-0.4, -0.2) is 26.0 Å². The van der Waals surface area contributed by atoms with Crippen molar-refractivity contribution in [3.63, 3.8) is 0 Å². The molecule has 0 atom stereocenters. The fourth-order valence-corrected chi connectivity index (χ4v) is 2.63. The molecule has 0 aliphatic carbocycles. The summed E-state index contributed by atoms with van der Waals surface area (Å²) < 4.78 is 39.3. The Morgan fingerprint density at radius 2 is 2.06 bits per heavy atom. The highest BCUT2D eigenvalue weighted by Crippen LogP contribution is 2.21. The number of benzene rings is 1. The molecule has 4 nitrogen and oxygen atoms in total. The third-order valence-corrected chi connectivity index (χ3v) is 5.17. The normalized spacial score (nSPS) is 12.7. The molecule has 18 heavy (non-hydrogen) atoms. The van der Waals surface area contributed by atoms with Crippen LogP contribution in [0, 0.1) is 5.82 Å². The Morgan fingerprint density at radius 3 is 2.56 bits per heavy atom. The maximum atomic E-state index is 13.2. The van der Waals surface area contributed by atoms with E-state index in [1.807, 2.05) is 20.1 Å². The van der Waals surface area contributed by atoms with E-state index in [1.165, 1.54) is 12.1 Å². The maximum Gasteiger partial charge on any atom is 0.240 e. The first-order valence-corrected chi connectivity index (χ1v) is 7.98. The molecule has 0 fully saturated rings. The molecular weight excluding hydrogens is 275 g/mol. The minimum atomic E-state index is -3.70. The van der Waals surface area contributed by atoms with Crippen LogP contribution in [0.4, 0.5) is 10.1 Å². The van der Waals surface area contributed by atoms with Gasteiger partial charge in [-0.3, -0.25) is 0 Å². The Bertz CT molecular complexity index is 530. The lowest BCUT2D eigenvalue weighted by molar-refractivity contribution is 0.568. The second-order valence-corrected chi connectivity index (χ2v) is 7.75. The van der Waals surface area contributed by atoms with Gasteiger partial charge in [0.15, 0.2) is 0 Å². The molecule has 1 aromatic carbocycles. The lowest BCUT2D eigenvalue weighted by Crippen LogP contribution is -2.36. The van der Waals surface area contributed by atoms with Gasteiger partial charge < -0.3 is 5.73 Å². The van der Waals surface area contributed by atoms with E-state index in [0.717, 1.165) is 6.07 Å². The molecule has 7 heteroatoms. The van der Waals surface area contributed by atoms with E-state index in [4.69, 9.17) is 5.73 Å². The molecular formula is C11H17FN2O2S2. The van der Waals surface area contributed by atoms with Crippen LogP contribution in [0.1, 0.15) is 13.8 Å². The van der Waals surface area contributed by atoms with Gasteiger partial charge in [0.2, 0.25) is 10.0 Å². The van der Waals surface area contributed by atoms with E-state index in [0.29, 0.717) is 0 Å². The monoisotopic (exact) mass is 292 g/mol. The van der Waals surface area contributed by atoms with Gasteiger partial charge in [-0.1, -0.05) is 0 Å². The first kappa shape index (κ1) is 15.3. The summed E-state index contributed by atoms with van der Waals surface area (Å²) in [6, 6.07) is 3.44. The van der Waals surface area contributed by atoms with Gasteiger partial charge in [-0.2, -0.15) is 11.8 Å². The second kappa shape index (κ2) is 5.46.